The molecule has 0 amide bonds. The molecule has 3 atom stereocenters. The highest BCUT2D eigenvalue weighted by Crippen LogP contribution is 2.22. The Bertz CT molecular complexity index is 235. The molecule has 2 aliphatic rings. The fourth-order valence-electron chi connectivity index (χ4n) is 3.24. The van der Waals surface area contributed by atoms with Crippen LogP contribution in [-0.4, -0.2) is 49.8 Å². The Labute approximate surface area is 112 Å². The van der Waals surface area contributed by atoms with Crippen molar-refractivity contribution in [2.75, 3.05) is 32.7 Å². The molecule has 2 saturated heterocycles. The lowest BCUT2D eigenvalue weighted by atomic mass is 10.00. The van der Waals surface area contributed by atoms with Gasteiger partial charge in [0.25, 0.3) is 0 Å². The van der Waals surface area contributed by atoms with Crippen LogP contribution in [0.5, 0.6) is 0 Å². The summed E-state index contributed by atoms with van der Waals surface area (Å²) in [6.45, 7) is 10.5. The maximum Gasteiger partial charge on any atom is 0.0707 e. The summed E-state index contributed by atoms with van der Waals surface area (Å²) >= 11 is 0. The van der Waals surface area contributed by atoms with Crippen molar-refractivity contribution < 1.29 is 4.74 Å². The first-order valence-corrected chi connectivity index (χ1v) is 7.86. The lowest BCUT2D eigenvalue weighted by molar-refractivity contribution is 0.0159. The van der Waals surface area contributed by atoms with Crippen molar-refractivity contribution in [3.05, 3.63) is 0 Å². The second-order valence-corrected chi connectivity index (χ2v) is 6.17. The average Bonchev–Trinajstić information content (AvgIpc) is 2.77. The standard InChI is InChI=1S/C15H30N2O/c1-3-8-16-10-14-6-7-15(18-14)12-17-9-4-5-13(2)11-17/h13-16H,3-12H2,1-2H3. The topological polar surface area (TPSA) is 24.5 Å². The average molecular weight is 254 g/mol. The third kappa shape index (κ3) is 4.52. The van der Waals surface area contributed by atoms with E-state index >= 15 is 0 Å². The van der Waals surface area contributed by atoms with Gasteiger partial charge in [0.1, 0.15) is 0 Å². The highest BCUT2D eigenvalue weighted by Gasteiger charge is 2.27. The van der Waals surface area contributed by atoms with Crippen molar-refractivity contribution in [2.24, 2.45) is 5.92 Å². The molecule has 3 nitrogen and oxygen atoms in total. The largest absolute Gasteiger partial charge is 0.372 e. The van der Waals surface area contributed by atoms with E-state index in [2.05, 4.69) is 24.1 Å². The fraction of sp³-hybridized carbons (Fsp3) is 1.00. The maximum atomic E-state index is 6.14. The number of hydrogen-bond acceptors (Lipinski definition) is 3. The quantitative estimate of drug-likeness (QED) is 0.736. The van der Waals surface area contributed by atoms with Gasteiger partial charge in [-0.05, 0) is 51.1 Å². The van der Waals surface area contributed by atoms with E-state index < -0.39 is 0 Å². The zero-order chi connectivity index (χ0) is 12.8. The van der Waals surface area contributed by atoms with Gasteiger partial charge in [0, 0.05) is 19.6 Å². The molecule has 0 spiro atoms. The van der Waals surface area contributed by atoms with Crippen LogP contribution in [0.25, 0.3) is 0 Å². The molecule has 3 heteroatoms. The maximum absolute atomic E-state index is 6.14. The van der Waals surface area contributed by atoms with E-state index in [4.69, 9.17) is 4.74 Å². The van der Waals surface area contributed by atoms with Gasteiger partial charge in [-0.25, -0.2) is 0 Å². The highest BCUT2D eigenvalue weighted by molar-refractivity contribution is 4.80. The van der Waals surface area contributed by atoms with Gasteiger partial charge in [-0.15, -0.1) is 0 Å². The molecular weight excluding hydrogens is 224 g/mol. The van der Waals surface area contributed by atoms with Gasteiger partial charge in [-0.3, -0.25) is 0 Å². The highest BCUT2D eigenvalue weighted by atomic mass is 16.5. The van der Waals surface area contributed by atoms with Crippen LogP contribution in [0.15, 0.2) is 0 Å². The van der Waals surface area contributed by atoms with Crippen molar-refractivity contribution in [3.63, 3.8) is 0 Å². The first-order valence-electron chi connectivity index (χ1n) is 7.86. The van der Waals surface area contributed by atoms with E-state index in [1.165, 1.54) is 45.2 Å². The number of likely N-dealkylation sites (tertiary alicyclic amines) is 1. The summed E-state index contributed by atoms with van der Waals surface area (Å²) in [4.78, 5) is 2.61. The number of nitrogens with one attached hydrogen (secondary N) is 1. The molecule has 18 heavy (non-hydrogen) atoms. The molecule has 2 fully saturated rings. The van der Waals surface area contributed by atoms with Gasteiger partial charge in [0.2, 0.25) is 0 Å². The third-order valence-corrected chi connectivity index (χ3v) is 4.20. The Hall–Kier alpha value is -0.120. The molecule has 2 heterocycles. The lowest BCUT2D eigenvalue weighted by Crippen LogP contribution is -2.39. The van der Waals surface area contributed by atoms with Crippen LogP contribution in [0.2, 0.25) is 0 Å². The summed E-state index contributed by atoms with van der Waals surface area (Å²) < 4.78 is 6.14. The van der Waals surface area contributed by atoms with Gasteiger partial charge in [0.05, 0.1) is 12.2 Å². The minimum atomic E-state index is 0.462. The summed E-state index contributed by atoms with van der Waals surface area (Å²) in [7, 11) is 0. The molecular formula is C15H30N2O. The number of hydrogen-bond donors (Lipinski definition) is 1. The molecule has 0 radical (unpaired) electrons. The fourth-order valence-corrected chi connectivity index (χ4v) is 3.24. The van der Waals surface area contributed by atoms with Crippen molar-refractivity contribution in [2.45, 2.75) is 58.2 Å². The Balaban J connectivity index is 1.63. The van der Waals surface area contributed by atoms with Crippen molar-refractivity contribution >= 4 is 0 Å². The smallest absolute Gasteiger partial charge is 0.0707 e. The second-order valence-electron chi connectivity index (χ2n) is 6.17. The van der Waals surface area contributed by atoms with Gasteiger partial charge in [-0.1, -0.05) is 13.8 Å². The van der Waals surface area contributed by atoms with E-state index in [0.29, 0.717) is 12.2 Å². The Morgan fingerprint density at radius 3 is 2.83 bits per heavy atom. The zero-order valence-electron chi connectivity index (χ0n) is 12.2. The first-order chi connectivity index (χ1) is 8.78. The second kappa shape index (κ2) is 7.46. The van der Waals surface area contributed by atoms with Crippen LogP contribution in [0.1, 0.15) is 46.0 Å². The van der Waals surface area contributed by atoms with Crippen LogP contribution in [0, 0.1) is 5.92 Å². The molecule has 0 saturated carbocycles. The van der Waals surface area contributed by atoms with Gasteiger partial charge in [-0.2, -0.15) is 0 Å². The summed E-state index contributed by atoms with van der Waals surface area (Å²) in [6.07, 6.45) is 7.43. The molecule has 1 N–H and O–H groups in total. The molecule has 106 valence electrons. The predicted octanol–water partition coefficient (Wildman–Crippen LogP) is 2.27. The third-order valence-electron chi connectivity index (χ3n) is 4.20. The minimum absolute atomic E-state index is 0.462. The van der Waals surface area contributed by atoms with Crippen molar-refractivity contribution in [3.8, 4) is 0 Å². The molecule has 0 aromatic rings. The predicted molar refractivity (Wildman–Crippen MR) is 75.9 cm³/mol. The number of ether oxygens (including phenoxy) is 1. The number of rotatable bonds is 6. The molecule has 2 rings (SSSR count). The number of piperidine rings is 1. The molecule has 0 aromatic carbocycles. The molecule has 3 unspecified atom stereocenters. The van der Waals surface area contributed by atoms with E-state index in [0.717, 1.165) is 25.6 Å². The Kier molecular flexibility index (Phi) is 5.93. The normalized spacial score (nSPS) is 34.0. The summed E-state index contributed by atoms with van der Waals surface area (Å²) in [5, 5.41) is 3.47. The van der Waals surface area contributed by atoms with Crippen molar-refractivity contribution in [1.82, 2.24) is 10.2 Å². The van der Waals surface area contributed by atoms with Gasteiger partial charge in [0.15, 0.2) is 0 Å². The van der Waals surface area contributed by atoms with Crippen LogP contribution in [-0.2, 0) is 4.74 Å². The Morgan fingerprint density at radius 2 is 2.06 bits per heavy atom. The van der Waals surface area contributed by atoms with Gasteiger partial charge >= 0.3 is 0 Å². The molecule has 0 aliphatic carbocycles. The molecule has 0 aromatic heterocycles. The SMILES string of the molecule is CCCNCC1CCC(CN2CCCC(C)C2)O1. The first kappa shape index (κ1) is 14.3. The number of nitrogens with zero attached hydrogens (tertiary/aromatic N) is 1. The molecule has 2 aliphatic heterocycles. The lowest BCUT2D eigenvalue weighted by Gasteiger charge is -2.32. The van der Waals surface area contributed by atoms with E-state index in [1.54, 1.807) is 0 Å². The summed E-state index contributed by atoms with van der Waals surface area (Å²) in [5.41, 5.74) is 0. The summed E-state index contributed by atoms with van der Waals surface area (Å²) in [5.74, 6) is 0.877. The van der Waals surface area contributed by atoms with Crippen molar-refractivity contribution in [1.29, 1.82) is 0 Å². The summed E-state index contributed by atoms with van der Waals surface area (Å²) in [6, 6.07) is 0. The van der Waals surface area contributed by atoms with Crippen LogP contribution < -0.4 is 5.32 Å². The van der Waals surface area contributed by atoms with E-state index in [9.17, 15) is 0 Å². The Morgan fingerprint density at radius 1 is 1.22 bits per heavy atom. The monoisotopic (exact) mass is 254 g/mol. The van der Waals surface area contributed by atoms with Crippen LogP contribution >= 0.6 is 0 Å². The van der Waals surface area contributed by atoms with Gasteiger partial charge < -0.3 is 15.0 Å². The van der Waals surface area contributed by atoms with E-state index in [1.807, 2.05) is 0 Å². The van der Waals surface area contributed by atoms with Crippen LogP contribution in [0.4, 0.5) is 0 Å². The zero-order valence-corrected chi connectivity index (χ0v) is 12.2. The minimum Gasteiger partial charge on any atom is -0.372 e. The molecule has 0 bridgehead atoms. The van der Waals surface area contributed by atoms with Crippen LogP contribution in [0.3, 0.4) is 0 Å². The van der Waals surface area contributed by atoms with E-state index in [-0.39, 0.29) is 0 Å².